The van der Waals surface area contributed by atoms with Crippen molar-refractivity contribution in [3.05, 3.63) is 30.2 Å². The predicted molar refractivity (Wildman–Crippen MR) is 90.4 cm³/mol. The molecule has 1 aromatic heterocycles. The minimum absolute atomic E-state index is 0.0471. The Bertz CT molecular complexity index is 728. The minimum Gasteiger partial charge on any atom is -0.339 e. The summed E-state index contributed by atoms with van der Waals surface area (Å²) in [7, 11) is 0. The van der Waals surface area contributed by atoms with E-state index < -0.39 is 0 Å². The number of carbonyl (C=O) groups excluding carboxylic acids is 1. The second-order valence-corrected chi connectivity index (χ2v) is 6.81. The van der Waals surface area contributed by atoms with Gasteiger partial charge in [0.25, 0.3) is 0 Å². The fraction of sp³-hybridized carbons (Fsp3) is 0.500. The minimum atomic E-state index is -0.0887. The molecule has 6 nitrogen and oxygen atoms in total. The fourth-order valence-electron chi connectivity index (χ4n) is 3.90. The molecule has 1 saturated heterocycles. The van der Waals surface area contributed by atoms with Crippen LogP contribution in [0.2, 0.25) is 0 Å². The summed E-state index contributed by atoms with van der Waals surface area (Å²) in [5.41, 5.74) is 1.59. The van der Waals surface area contributed by atoms with E-state index in [2.05, 4.69) is 20.8 Å². The van der Waals surface area contributed by atoms with E-state index in [1.165, 1.54) is 25.7 Å². The van der Waals surface area contributed by atoms with Gasteiger partial charge in [0, 0.05) is 24.2 Å². The average Bonchev–Trinajstić information content (AvgIpc) is 3.21. The molecule has 4 rings (SSSR count). The van der Waals surface area contributed by atoms with Gasteiger partial charge in [-0.2, -0.15) is 4.98 Å². The van der Waals surface area contributed by atoms with Crippen LogP contribution in [0, 0.1) is 12.8 Å². The van der Waals surface area contributed by atoms with Gasteiger partial charge < -0.3 is 15.2 Å². The molecule has 0 radical (unpaired) electrons. The van der Waals surface area contributed by atoms with Crippen LogP contribution in [0.1, 0.15) is 38.0 Å². The highest BCUT2D eigenvalue weighted by atomic mass is 16.5. The van der Waals surface area contributed by atoms with Crippen LogP contribution in [0.3, 0.4) is 0 Å². The normalized spacial score (nSPS) is 26.1. The van der Waals surface area contributed by atoms with E-state index in [0.717, 1.165) is 17.7 Å². The number of nitrogens with one attached hydrogen (secondary N) is 2. The van der Waals surface area contributed by atoms with Crippen LogP contribution in [0.5, 0.6) is 0 Å². The first-order chi connectivity index (χ1) is 11.7. The summed E-state index contributed by atoms with van der Waals surface area (Å²) in [5.74, 6) is 1.76. The van der Waals surface area contributed by atoms with Crippen LogP contribution < -0.4 is 10.6 Å². The number of nitrogens with zero attached hydrogens (tertiary/aromatic N) is 2. The first-order valence-corrected chi connectivity index (χ1v) is 8.67. The number of benzene rings is 1. The molecule has 24 heavy (non-hydrogen) atoms. The van der Waals surface area contributed by atoms with Crippen molar-refractivity contribution in [3.8, 4) is 11.4 Å². The standard InChI is InChI=1S/C18H22N4O2/c1-11-19-17(22-24-11)13-6-4-7-14(9-13)20-18(23)16-10-12-5-2-3-8-15(12)21-16/h4,6-7,9,12,15-16,21H,2-3,5,8,10H2,1H3,(H,20,23)/t12-,15+,16-/m0/s1. The van der Waals surface area contributed by atoms with Gasteiger partial charge in [0.15, 0.2) is 0 Å². The van der Waals surface area contributed by atoms with Crippen molar-refractivity contribution in [2.75, 3.05) is 5.32 Å². The lowest BCUT2D eigenvalue weighted by Gasteiger charge is -2.24. The Morgan fingerprint density at radius 3 is 3.00 bits per heavy atom. The molecule has 1 aromatic carbocycles. The molecule has 2 aliphatic rings. The van der Waals surface area contributed by atoms with E-state index in [9.17, 15) is 4.79 Å². The van der Waals surface area contributed by atoms with Crippen molar-refractivity contribution in [2.24, 2.45) is 5.92 Å². The second-order valence-electron chi connectivity index (χ2n) is 6.81. The predicted octanol–water partition coefficient (Wildman–Crippen LogP) is 2.90. The molecule has 2 heterocycles. The van der Waals surface area contributed by atoms with Gasteiger partial charge in [0.05, 0.1) is 6.04 Å². The van der Waals surface area contributed by atoms with Crippen molar-refractivity contribution in [1.82, 2.24) is 15.5 Å². The van der Waals surface area contributed by atoms with Crippen molar-refractivity contribution < 1.29 is 9.32 Å². The van der Waals surface area contributed by atoms with E-state index >= 15 is 0 Å². The summed E-state index contributed by atoms with van der Waals surface area (Å²) in [6.45, 7) is 1.76. The SMILES string of the molecule is Cc1nc(-c2cccc(NC(=O)[C@@H]3C[C@@H]4CCCC[C@H]4N3)c2)no1. The Morgan fingerprint density at radius 2 is 2.21 bits per heavy atom. The zero-order chi connectivity index (χ0) is 16.5. The van der Waals surface area contributed by atoms with Gasteiger partial charge in [-0.3, -0.25) is 4.79 Å². The monoisotopic (exact) mass is 326 g/mol. The van der Waals surface area contributed by atoms with E-state index in [1.807, 2.05) is 24.3 Å². The molecule has 1 amide bonds. The number of amides is 1. The summed E-state index contributed by atoms with van der Waals surface area (Å²) in [6, 6.07) is 7.98. The second kappa shape index (κ2) is 6.36. The summed E-state index contributed by atoms with van der Waals surface area (Å²) >= 11 is 0. The van der Waals surface area contributed by atoms with E-state index in [0.29, 0.717) is 23.7 Å². The quantitative estimate of drug-likeness (QED) is 0.906. The van der Waals surface area contributed by atoms with Crippen LogP contribution in [-0.4, -0.2) is 28.1 Å². The number of fused-ring (bicyclic) bond motifs is 1. The smallest absolute Gasteiger partial charge is 0.241 e. The number of aryl methyl sites for hydroxylation is 1. The van der Waals surface area contributed by atoms with Gasteiger partial charge in [0.1, 0.15) is 0 Å². The third-order valence-corrected chi connectivity index (χ3v) is 5.10. The molecule has 2 fully saturated rings. The van der Waals surface area contributed by atoms with Crippen LogP contribution in [0.15, 0.2) is 28.8 Å². The van der Waals surface area contributed by atoms with Gasteiger partial charge in [-0.15, -0.1) is 0 Å². The molecule has 6 heteroatoms. The number of anilines is 1. The molecule has 2 N–H and O–H groups in total. The van der Waals surface area contributed by atoms with E-state index in [-0.39, 0.29) is 11.9 Å². The number of hydrogen-bond donors (Lipinski definition) is 2. The first kappa shape index (κ1) is 15.3. The van der Waals surface area contributed by atoms with Gasteiger partial charge >= 0.3 is 0 Å². The topological polar surface area (TPSA) is 80.0 Å². The van der Waals surface area contributed by atoms with E-state index in [1.54, 1.807) is 6.92 Å². The Kier molecular flexibility index (Phi) is 4.06. The molecular formula is C18H22N4O2. The highest BCUT2D eigenvalue weighted by Crippen LogP contribution is 2.33. The third-order valence-electron chi connectivity index (χ3n) is 5.10. The first-order valence-electron chi connectivity index (χ1n) is 8.67. The van der Waals surface area contributed by atoms with Crippen LogP contribution >= 0.6 is 0 Å². The van der Waals surface area contributed by atoms with Gasteiger partial charge in [-0.05, 0) is 37.3 Å². The molecule has 0 unspecified atom stereocenters. The number of aromatic nitrogens is 2. The van der Waals surface area contributed by atoms with Crippen LogP contribution in [0.25, 0.3) is 11.4 Å². The molecule has 0 bridgehead atoms. The number of rotatable bonds is 3. The van der Waals surface area contributed by atoms with Crippen molar-refractivity contribution in [1.29, 1.82) is 0 Å². The van der Waals surface area contributed by atoms with E-state index in [4.69, 9.17) is 4.52 Å². The van der Waals surface area contributed by atoms with Crippen molar-refractivity contribution in [3.63, 3.8) is 0 Å². The zero-order valence-electron chi connectivity index (χ0n) is 13.8. The summed E-state index contributed by atoms with van der Waals surface area (Å²) in [6.07, 6.45) is 5.95. The number of hydrogen-bond acceptors (Lipinski definition) is 5. The molecule has 1 aliphatic carbocycles. The summed E-state index contributed by atoms with van der Waals surface area (Å²) in [4.78, 5) is 16.8. The highest BCUT2D eigenvalue weighted by molar-refractivity contribution is 5.95. The van der Waals surface area contributed by atoms with Gasteiger partial charge in [-0.25, -0.2) is 0 Å². The van der Waals surface area contributed by atoms with Gasteiger partial charge in [0.2, 0.25) is 17.6 Å². The van der Waals surface area contributed by atoms with Gasteiger partial charge in [-0.1, -0.05) is 30.1 Å². The Balaban J connectivity index is 1.44. The van der Waals surface area contributed by atoms with Crippen LogP contribution in [0.4, 0.5) is 5.69 Å². The molecule has 1 aliphatic heterocycles. The highest BCUT2D eigenvalue weighted by Gasteiger charge is 2.38. The van der Waals surface area contributed by atoms with Crippen molar-refractivity contribution in [2.45, 2.75) is 51.1 Å². The third kappa shape index (κ3) is 3.06. The molecule has 2 aromatic rings. The molecule has 3 atom stereocenters. The lowest BCUT2D eigenvalue weighted by Crippen LogP contribution is -2.39. The summed E-state index contributed by atoms with van der Waals surface area (Å²) in [5, 5.41) is 10.5. The molecule has 126 valence electrons. The number of carbonyl (C=O) groups is 1. The summed E-state index contributed by atoms with van der Waals surface area (Å²) < 4.78 is 5.02. The lowest BCUT2D eigenvalue weighted by molar-refractivity contribution is -0.117. The Hall–Kier alpha value is -2.21. The maximum Gasteiger partial charge on any atom is 0.241 e. The Labute approximate surface area is 141 Å². The maximum atomic E-state index is 12.6. The Morgan fingerprint density at radius 1 is 1.33 bits per heavy atom. The molecular weight excluding hydrogens is 304 g/mol. The van der Waals surface area contributed by atoms with Crippen molar-refractivity contribution >= 4 is 11.6 Å². The largest absolute Gasteiger partial charge is 0.339 e. The zero-order valence-corrected chi connectivity index (χ0v) is 13.8. The lowest BCUT2D eigenvalue weighted by atomic mass is 9.85. The van der Waals surface area contributed by atoms with Crippen LogP contribution in [-0.2, 0) is 4.79 Å². The maximum absolute atomic E-state index is 12.6. The average molecular weight is 326 g/mol. The molecule has 1 saturated carbocycles. The molecule has 0 spiro atoms. The fourth-order valence-corrected chi connectivity index (χ4v) is 3.90.